The van der Waals surface area contributed by atoms with Gasteiger partial charge in [0.15, 0.2) is 5.82 Å². The summed E-state index contributed by atoms with van der Waals surface area (Å²) in [6, 6.07) is 0.485. The van der Waals surface area contributed by atoms with Crippen molar-refractivity contribution in [1.29, 1.82) is 0 Å². The van der Waals surface area contributed by atoms with Crippen molar-refractivity contribution >= 4 is 0 Å². The highest BCUT2D eigenvalue weighted by atomic mass is 16.5. The quantitative estimate of drug-likeness (QED) is 0.772. The van der Waals surface area contributed by atoms with Gasteiger partial charge < -0.3 is 19.6 Å². The lowest BCUT2D eigenvalue weighted by Gasteiger charge is -2.37. The minimum Gasteiger partial charge on any atom is -0.339 e. The molecule has 0 amide bonds. The van der Waals surface area contributed by atoms with E-state index >= 15 is 0 Å². The first-order valence-electron chi connectivity index (χ1n) is 6.54. The second-order valence-electron chi connectivity index (χ2n) is 5.06. The summed E-state index contributed by atoms with van der Waals surface area (Å²) in [5, 5.41) is 7.14. The zero-order valence-corrected chi connectivity index (χ0v) is 11.5. The van der Waals surface area contributed by atoms with Crippen LogP contribution in [-0.4, -0.2) is 73.3 Å². The Morgan fingerprint density at radius 1 is 1.39 bits per heavy atom. The van der Waals surface area contributed by atoms with Crippen molar-refractivity contribution in [3.63, 3.8) is 0 Å². The maximum Gasteiger partial charge on any atom is 0.227 e. The van der Waals surface area contributed by atoms with Crippen LogP contribution >= 0.6 is 0 Å². The molecule has 0 aliphatic carbocycles. The van der Waals surface area contributed by atoms with Crippen molar-refractivity contribution in [3.8, 4) is 0 Å². The second-order valence-corrected chi connectivity index (χ2v) is 5.06. The van der Waals surface area contributed by atoms with Crippen LogP contribution in [0.1, 0.15) is 11.7 Å². The number of hydrogen-bond donors (Lipinski definition) is 1. The molecule has 2 rings (SSSR count). The highest BCUT2D eigenvalue weighted by Gasteiger charge is 2.24. The summed E-state index contributed by atoms with van der Waals surface area (Å²) in [6.45, 7) is 4.17. The largest absolute Gasteiger partial charge is 0.339 e. The minimum atomic E-state index is 0.485. The Morgan fingerprint density at radius 3 is 3.00 bits per heavy atom. The molecule has 6 heteroatoms. The van der Waals surface area contributed by atoms with E-state index in [9.17, 15) is 0 Å². The standard InChI is InChI=1S/C12H23N5O/c1-13-5-4-12-14-11(15-18-12)8-10-9-16(2)6-7-17(10)3/h10,13H,4-9H2,1-3H3. The third-order valence-corrected chi connectivity index (χ3v) is 3.50. The maximum atomic E-state index is 5.24. The average molecular weight is 253 g/mol. The van der Waals surface area contributed by atoms with Crippen LogP contribution in [0.5, 0.6) is 0 Å². The van der Waals surface area contributed by atoms with Gasteiger partial charge in [0.05, 0.1) is 0 Å². The monoisotopic (exact) mass is 253 g/mol. The smallest absolute Gasteiger partial charge is 0.227 e. The summed E-state index contributed by atoms with van der Waals surface area (Å²) in [7, 11) is 6.25. The minimum absolute atomic E-state index is 0.485. The number of hydrogen-bond acceptors (Lipinski definition) is 6. The van der Waals surface area contributed by atoms with Crippen molar-refractivity contribution in [2.75, 3.05) is 47.3 Å². The van der Waals surface area contributed by atoms with Gasteiger partial charge in [-0.25, -0.2) is 0 Å². The lowest BCUT2D eigenvalue weighted by molar-refractivity contribution is 0.113. The SMILES string of the molecule is CNCCc1nc(CC2CN(C)CCN2C)no1. The van der Waals surface area contributed by atoms with E-state index in [-0.39, 0.29) is 0 Å². The average Bonchev–Trinajstić information content (AvgIpc) is 2.79. The summed E-state index contributed by atoms with van der Waals surface area (Å²) >= 11 is 0. The molecule has 1 atom stereocenters. The van der Waals surface area contributed by atoms with Crippen molar-refractivity contribution in [2.45, 2.75) is 18.9 Å². The lowest BCUT2D eigenvalue weighted by Crippen LogP contribution is -2.50. The first-order valence-corrected chi connectivity index (χ1v) is 6.54. The highest BCUT2D eigenvalue weighted by Crippen LogP contribution is 2.11. The van der Waals surface area contributed by atoms with E-state index in [0.29, 0.717) is 6.04 Å². The Balaban J connectivity index is 1.89. The Kier molecular flexibility index (Phi) is 4.68. The molecule has 0 saturated carbocycles. The van der Waals surface area contributed by atoms with Gasteiger partial charge in [-0.2, -0.15) is 4.98 Å². The molecule has 0 bridgehead atoms. The lowest BCUT2D eigenvalue weighted by atomic mass is 10.1. The van der Waals surface area contributed by atoms with E-state index in [2.05, 4.69) is 39.4 Å². The summed E-state index contributed by atoms with van der Waals surface area (Å²) in [4.78, 5) is 9.17. The van der Waals surface area contributed by atoms with Crippen LogP contribution < -0.4 is 5.32 Å². The molecule has 0 spiro atoms. The van der Waals surface area contributed by atoms with E-state index < -0.39 is 0 Å². The van der Waals surface area contributed by atoms with Crippen LogP contribution in [0.4, 0.5) is 0 Å². The molecule has 6 nitrogen and oxygen atoms in total. The fourth-order valence-corrected chi connectivity index (χ4v) is 2.24. The van der Waals surface area contributed by atoms with Gasteiger partial charge in [-0.3, -0.25) is 0 Å². The van der Waals surface area contributed by atoms with Gasteiger partial charge in [0.1, 0.15) is 0 Å². The third-order valence-electron chi connectivity index (χ3n) is 3.50. The number of likely N-dealkylation sites (N-methyl/N-ethyl adjacent to an activating group) is 3. The fraction of sp³-hybridized carbons (Fsp3) is 0.833. The number of rotatable bonds is 5. The topological polar surface area (TPSA) is 57.4 Å². The molecular formula is C12H23N5O. The zero-order valence-electron chi connectivity index (χ0n) is 11.5. The van der Waals surface area contributed by atoms with E-state index in [1.165, 1.54) is 0 Å². The molecular weight excluding hydrogens is 230 g/mol. The molecule has 0 radical (unpaired) electrons. The second kappa shape index (κ2) is 6.26. The molecule has 1 N–H and O–H groups in total. The van der Waals surface area contributed by atoms with E-state index in [1.807, 2.05) is 7.05 Å². The number of piperazine rings is 1. The van der Waals surface area contributed by atoms with Gasteiger partial charge in [0, 0.05) is 45.1 Å². The van der Waals surface area contributed by atoms with Crippen molar-refractivity contribution in [1.82, 2.24) is 25.3 Å². The fourth-order valence-electron chi connectivity index (χ4n) is 2.24. The molecule has 1 aliphatic heterocycles. The Bertz CT molecular complexity index is 367. The molecule has 1 fully saturated rings. The molecule has 1 aromatic heterocycles. The maximum absolute atomic E-state index is 5.24. The first-order chi connectivity index (χ1) is 8.69. The highest BCUT2D eigenvalue weighted by molar-refractivity contribution is 4.93. The predicted octanol–water partition coefficient (Wildman–Crippen LogP) is -0.380. The molecule has 102 valence electrons. The molecule has 1 aliphatic rings. The normalized spacial score (nSPS) is 22.5. The summed E-state index contributed by atoms with van der Waals surface area (Å²) < 4.78 is 5.24. The van der Waals surface area contributed by atoms with Crippen LogP contribution in [0.3, 0.4) is 0 Å². The van der Waals surface area contributed by atoms with E-state index in [4.69, 9.17) is 4.52 Å². The molecule has 0 aromatic carbocycles. The predicted molar refractivity (Wildman–Crippen MR) is 69.5 cm³/mol. The number of nitrogens with one attached hydrogen (secondary N) is 1. The first kappa shape index (κ1) is 13.5. The molecule has 18 heavy (non-hydrogen) atoms. The molecule has 1 aromatic rings. The van der Waals surface area contributed by atoms with Crippen molar-refractivity contribution in [3.05, 3.63) is 11.7 Å². The summed E-state index contributed by atoms with van der Waals surface area (Å²) in [6.07, 6.45) is 1.66. The van der Waals surface area contributed by atoms with Gasteiger partial charge in [0.2, 0.25) is 5.89 Å². The Hall–Kier alpha value is -0.980. The van der Waals surface area contributed by atoms with Crippen LogP contribution in [0.2, 0.25) is 0 Å². The molecule has 1 saturated heterocycles. The molecule has 2 heterocycles. The Morgan fingerprint density at radius 2 is 2.22 bits per heavy atom. The van der Waals surface area contributed by atoms with Crippen LogP contribution in [0, 0.1) is 0 Å². The van der Waals surface area contributed by atoms with Crippen molar-refractivity contribution in [2.24, 2.45) is 0 Å². The van der Waals surface area contributed by atoms with Crippen LogP contribution in [0.15, 0.2) is 4.52 Å². The van der Waals surface area contributed by atoms with Gasteiger partial charge in [-0.15, -0.1) is 0 Å². The van der Waals surface area contributed by atoms with Crippen molar-refractivity contribution < 1.29 is 4.52 Å². The number of aromatic nitrogens is 2. The van der Waals surface area contributed by atoms with E-state index in [0.717, 1.165) is 50.7 Å². The van der Waals surface area contributed by atoms with Gasteiger partial charge in [0.25, 0.3) is 0 Å². The zero-order chi connectivity index (χ0) is 13.0. The van der Waals surface area contributed by atoms with Gasteiger partial charge in [-0.1, -0.05) is 5.16 Å². The summed E-state index contributed by atoms with van der Waals surface area (Å²) in [5.41, 5.74) is 0. The van der Waals surface area contributed by atoms with Crippen LogP contribution in [-0.2, 0) is 12.8 Å². The van der Waals surface area contributed by atoms with Crippen LogP contribution in [0.25, 0.3) is 0 Å². The van der Waals surface area contributed by atoms with Gasteiger partial charge >= 0.3 is 0 Å². The Labute approximate surface area is 108 Å². The molecule has 1 unspecified atom stereocenters. The summed E-state index contributed by atoms with van der Waals surface area (Å²) in [5.74, 6) is 1.56. The van der Waals surface area contributed by atoms with Gasteiger partial charge in [-0.05, 0) is 21.1 Å². The van der Waals surface area contributed by atoms with E-state index in [1.54, 1.807) is 0 Å². The third kappa shape index (κ3) is 3.51. The number of nitrogens with zero attached hydrogens (tertiary/aromatic N) is 4.